The van der Waals surface area contributed by atoms with Crippen molar-refractivity contribution in [3.8, 4) is 0 Å². The number of rotatable bonds is 4. The number of anilines is 1. The Kier molecular flexibility index (Phi) is 3.96. The number of nitrogens with one attached hydrogen (secondary N) is 1. The molecule has 1 fully saturated rings. The van der Waals surface area contributed by atoms with Crippen LogP contribution >= 0.6 is 12.2 Å². The summed E-state index contributed by atoms with van der Waals surface area (Å²) in [6.07, 6.45) is 6.93. The topological polar surface area (TPSA) is 72.9 Å². The molecule has 1 saturated carbocycles. The van der Waals surface area contributed by atoms with Crippen molar-refractivity contribution in [3.05, 3.63) is 11.8 Å². The first-order valence-electron chi connectivity index (χ1n) is 6.19. The van der Waals surface area contributed by atoms with Crippen molar-refractivity contribution in [1.82, 2.24) is 9.78 Å². The maximum Gasteiger partial charge on any atom is 0.225 e. The van der Waals surface area contributed by atoms with Gasteiger partial charge in [0.15, 0.2) is 0 Å². The average molecular weight is 266 g/mol. The summed E-state index contributed by atoms with van der Waals surface area (Å²) < 4.78 is 1.58. The summed E-state index contributed by atoms with van der Waals surface area (Å²) in [5, 5.41) is 6.92. The van der Waals surface area contributed by atoms with Gasteiger partial charge in [-0.1, -0.05) is 25.1 Å². The fraction of sp³-hybridized carbons (Fsp3) is 0.583. The van der Waals surface area contributed by atoms with Crippen LogP contribution in [0.15, 0.2) is 6.20 Å². The van der Waals surface area contributed by atoms with E-state index >= 15 is 0 Å². The number of carbonyl (C=O) groups is 1. The molecule has 98 valence electrons. The Morgan fingerprint density at radius 1 is 1.61 bits per heavy atom. The Hall–Kier alpha value is -1.43. The zero-order chi connectivity index (χ0) is 13.1. The Labute approximate surface area is 112 Å². The number of thiocarbonyl (C=S) groups is 1. The summed E-state index contributed by atoms with van der Waals surface area (Å²) in [4.78, 5) is 12.2. The molecule has 1 heterocycles. The minimum atomic E-state index is 0.0167. The Bertz CT molecular complexity index is 463. The van der Waals surface area contributed by atoms with Gasteiger partial charge in [-0.3, -0.25) is 9.48 Å². The molecular weight excluding hydrogens is 248 g/mol. The van der Waals surface area contributed by atoms with E-state index in [4.69, 9.17) is 18.0 Å². The third-order valence-corrected chi connectivity index (χ3v) is 3.63. The molecule has 0 aromatic carbocycles. The van der Waals surface area contributed by atoms with Crippen LogP contribution in [-0.2, 0) is 11.8 Å². The van der Waals surface area contributed by atoms with Crippen molar-refractivity contribution in [1.29, 1.82) is 0 Å². The van der Waals surface area contributed by atoms with E-state index in [1.54, 1.807) is 17.9 Å². The predicted molar refractivity (Wildman–Crippen MR) is 74.3 cm³/mol. The highest BCUT2D eigenvalue weighted by Gasteiger charge is 2.20. The van der Waals surface area contributed by atoms with E-state index in [0.717, 1.165) is 12.8 Å². The number of carbonyl (C=O) groups excluding carboxylic acids is 1. The Balaban J connectivity index is 2.01. The Morgan fingerprint density at radius 3 is 2.89 bits per heavy atom. The molecule has 1 aromatic heterocycles. The lowest BCUT2D eigenvalue weighted by molar-refractivity contribution is -0.117. The first-order chi connectivity index (χ1) is 8.58. The average Bonchev–Trinajstić information content (AvgIpc) is 2.90. The van der Waals surface area contributed by atoms with E-state index < -0.39 is 0 Å². The van der Waals surface area contributed by atoms with Gasteiger partial charge in [0.2, 0.25) is 5.91 Å². The molecule has 1 aliphatic rings. The standard InChI is InChI=1S/C12H18N4OS/c1-16-12(9(7-14-16)11(13)18)15-10(17)6-8-4-2-3-5-8/h7-8H,2-6H2,1H3,(H2,13,18)(H,15,17). The molecule has 18 heavy (non-hydrogen) atoms. The molecule has 0 aliphatic heterocycles. The van der Waals surface area contributed by atoms with Gasteiger partial charge in [0, 0.05) is 13.5 Å². The lowest BCUT2D eigenvalue weighted by Crippen LogP contribution is -2.20. The summed E-state index contributed by atoms with van der Waals surface area (Å²) >= 11 is 4.93. The minimum Gasteiger partial charge on any atom is -0.389 e. The largest absolute Gasteiger partial charge is 0.389 e. The molecule has 5 nitrogen and oxygen atoms in total. The summed E-state index contributed by atoms with van der Waals surface area (Å²) in [6.45, 7) is 0. The molecule has 0 bridgehead atoms. The van der Waals surface area contributed by atoms with E-state index in [0.29, 0.717) is 23.7 Å². The van der Waals surface area contributed by atoms with Crippen molar-refractivity contribution in [2.75, 3.05) is 5.32 Å². The van der Waals surface area contributed by atoms with Gasteiger partial charge in [0.25, 0.3) is 0 Å². The Morgan fingerprint density at radius 2 is 2.28 bits per heavy atom. The third-order valence-electron chi connectivity index (χ3n) is 3.41. The SMILES string of the molecule is Cn1ncc(C(N)=S)c1NC(=O)CC1CCCC1. The highest BCUT2D eigenvalue weighted by Crippen LogP contribution is 2.28. The molecule has 3 N–H and O–H groups in total. The molecule has 0 unspecified atom stereocenters. The molecular formula is C12H18N4OS. The highest BCUT2D eigenvalue weighted by molar-refractivity contribution is 7.80. The molecule has 1 aromatic rings. The van der Waals surface area contributed by atoms with Gasteiger partial charge in [-0.25, -0.2) is 0 Å². The van der Waals surface area contributed by atoms with Crippen LogP contribution < -0.4 is 11.1 Å². The number of hydrogen-bond acceptors (Lipinski definition) is 3. The molecule has 6 heteroatoms. The molecule has 1 aliphatic carbocycles. The maximum absolute atomic E-state index is 12.0. The number of nitrogens with two attached hydrogens (primary N) is 1. The first-order valence-corrected chi connectivity index (χ1v) is 6.60. The van der Waals surface area contributed by atoms with Crippen molar-refractivity contribution in [2.24, 2.45) is 18.7 Å². The van der Waals surface area contributed by atoms with Gasteiger partial charge >= 0.3 is 0 Å². The van der Waals surface area contributed by atoms with E-state index in [1.807, 2.05) is 0 Å². The summed E-state index contributed by atoms with van der Waals surface area (Å²) in [7, 11) is 1.76. The number of amides is 1. The lowest BCUT2D eigenvalue weighted by Gasteiger charge is -2.11. The number of hydrogen-bond donors (Lipinski definition) is 2. The highest BCUT2D eigenvalue weighted by atomic mass is 32.1. The third kappa shape index (κ3) is 2.87. The van der Waals surface area contributed by atoms with E-state index in [-0.39, 0.29) is 10.9 Å². The van der Waals surface area contributed by atoms with Crippen molar-refractivity contribution in [2.45, 2.75) is 32.1 Å². The van der Waals surface area contributed by atoms with E-state index in [2.05, 4.69) is 10.4 Å². The van der Waals surface area contributed by atoms with Gasteiger partial charge < -0.3 is 11.1 Å². The van der Waals surface area contributed by atoms with Gasteiger partial charge in [0.05, 0.1) is 11.8 Å². The zero-order valence-electron chi connectivity index (χ0n) is 10.5. The molecule has 0 saturated heterocycles. The quantitative estimate of drug-likeness (QED) is 0.811. The van der Waals surface area contributed by atoms with Gasteiger partial charge in [0.1, 0.15) is 10.8 Å². The van der Waals surface area contributed by atoms with Crippen LogP contribution in [0.1, 0.15) is 37.7 Å². The van der Waals surface area contributed by atoms with Crippen molar-refractivity contribution >= 4 is 28.9 Å². The summed E-state index contributed by atoms with van der Waals surface area (Å²) in [5.74, 6) is 1.13. The van der Waals surface area contributed by atoms with Crippen molar-refractivity contribution in [3.63, 3.8) is 0 Å². The zero-order valence-corrected chi connectivity index (χ0v) is 11.3. The minimum absolute atomic E-state index is 0.0167. The van der Waals surface area contributed by atoms with E-state index in [1.165, 1.54) is 12.8 Å². The molecule has 0 radical (unpaired) electrons. The van der Waals surface area contributed by atoms with Gasteiger partial charge in [-0.2, -0.15) is 5.10 Å². The maximum atomic E-state index is 12.0. The second-order valence-electron chi connectivity index (χ2n) is 4.80. The summed E-state index contributed by atoms with van der Waals surface area (Å²) in [6, 6.07) is 0. The normalized spacial score (nSPS) is 15.8. The van der Waals surface area contributed by atoms with Crippen LogP contribution in [0.4, 0.5) is 5.82 Å². The number of nitrogens with zero attached hydrogens (tertiary/aromatic N) is 2. The fourth-order valence-electron chi connectivity index (χ4n) is 2.43. The van der Waals surface area contributed by atoms with E-state index in [9.17, 15) is 4.79 Å². The van der Waals surface area contributed by atoms with Crippen LogP contribution in [0.2, 0.25) is 0 Å². The van der Waals surface area contributed by atoms with Crippen molar-refractivity contribution < 1.29 is 4.79 Å². The predicted octanol–water partition coefficient (Wildman–Crippen LogP) is 1.57. The van der Waals surface area contributed by atoms with Gasteiger partial charge in [-0.05, 0) is 18.8 Å². The molecule has 0 atom stereocenters. The van der Waals surface area contributed by atoms with Crippen LogP contribution in [-0.4, -0.2) is 20.7 Å². The lowest BCUT2D eigenvalue weighted by atomic mass is 10.0. The number of aromatic nitrogens is 2. The number of aryl methyl sites for hydroxylation is 1. The first kappa shape index (κ1) is 13.0. The smallest absolute Gasteiger partial charge is 0.225 e. The second kappa shape index (κ2) is 5.48. The second-order valence-corrected chi connectivity index (χ2v) is 5.24. The van der Waals surface area contributed by atoms with Crippen LogP contribution in [0.5, 0.6) is 0 Å². The molecule has 1 amide bonds. The monoisotopic (exact) mass is 266 g/mol. The summed E-state index contributed by atoms with van der Waals surface area (Å²) in [5.41, 5.74) is 6.21. The van der Waals surface area contributed by atoms with Crippen LogP contribution in [0, 0.1) is 5.92 Å². The molecule has 0 spiro atoms. The van der Waals surface area contributed by atoms with Gasteiger partial charge in [-0.15, -0.1) is 0 Å². The van der Waals surface area contributed by atoms with Crippen LogP contribution in [0.3, 0.4) is 0 Å². The fourth-order valence-corrected chi connectivity index (χ4v) is 2.58. The molecule has 2 rings (SSSR count). The van der Waals surface area contributed by atoms with Crippen LogP contribution in [0.25, 0.3) is 0 Å².